The molecule has 1 fully saturated rings. The third-order valence-electron chi connectivity index (χ3n) is 3.38. The third-order valence-corrected chi connectivity index (χ3v) is 3.83. The summed E-state index contributed by atoms with van der Waals surface area (Å²) >= 11 is 3.40. The number of amides is 1. The highest BCUT2D eigenvalue weighted by Gasteiger charge is 2.35. The summed E-state index contributed by atoms with van der Waals surface area (Å²) < 4.78 is 11.7. The Hall–Kier alpha value is -0.910. The number of hydrogen-bond acceptors (Lipinski definition) is 3. The van der Waals surface area contributed by atoms with Gasteiger partial charge in [0, 0.05) is 36.7 Å². The number of hydrogen-bond donors (Lipinski definition) is 1. The predicted molar refractivity (Wildman–Crippen MR) is 76.4 cm³/mol. The van der Waals surface area contributed by atoms with E-state index in [9.17, 15) is 4.79 Å². The van der Waals surface area contributed by atoms with Crippen LogP contribution in [0.25, 0.3) is 0 Å². The first-order valence-corrected chi connectivity index (χ1v) is 7.02. The van der Waals surface area contributed by atoms with Crippen molar-refractivity contribution < 1.29 is 14.3 Å². The van der Waals surface area contributed by atoms with Gasteiger partial charge in [-0.15, -0.1) is 0 Å². The van der Waals surface area contributed by atoms with Crippen molar-refractivity contribution in [1.82, 2.24) is 5.32 Å². The maximum atomic E-state index is 12.1. The summed E-state index contributed by atoms with van der Waals surface area (Å²) in [6, 6.07) is 5.65. The summed E-state index contributed by atoms with van der Waals surface area (Å²) in [6.07, 6.45) is 0.807. The molecule has 1 aromatic rings. The van der Waals surface area contributed by atoms with Gasteiger partial charge in [-0.05, 0) is 30.7 Å². The van der Waals surface area contributed by atoms with E-state index in [-0.39, 0.29) is 11.5 Å². The van der Waals surface area contributed by atoms with Crippen LogP contribution >= 0.6 is 15.9 Å². The van der Waals surface area contributed by atoms with Gasteiger partial charge in [0.25, 0.3) is 5.91 Å². The van der Waals surface area contributed by atoms with Crippen molar-refractivity contribution in [1.29, 1.82) is 0 Å². The summed E-state index contributed by atoms with van der Waals surface area (Å²) in [6.45, 7) is 3.64. The monoisotopic (exact) mass is 327 g/mol. The van der Waals surface area contributed by atoms with Crippen molar-refractivity contribution in [3.63, 3.8) is 0 Å². The van der Waals surface area contributed by atoms with Gasteiger partial charge in [0.15, 0.2) is 0 Å². The minimum absolute atomic E-state index is 0.0901. The van der Waals surface area contributed by atoms with Crippen LogP contribution in [-0.4, -0.2) is 38.4 Å². The fraction of sp³-hybridized carbons (Fsp3) is 0.500. The Kier molecular flexibility index (Phi) is 4.60. The van der Waals surface area contributed by atoms with Crippen LogP contribution in [0.5, 0.6) is 0 Å². The molecule has 1 saturated heterocycles. The van der Waals surface area contributed by atoms with Gasteiger partial charge in [-0.2, -0.15) is 0 Å². The smallest absolute Gasteiger partial charge is 0.251 e. The van der Waals surface area contributed by atoms with Crippen molar-refractivity contribution in [3.05, 3.63) is 33.8 Å². The average Bonchev–Trinajstić information content (AvgIpc) is 2.84. The van der Waals surface area contributed by atoms with Gasteiger partial charge in [-0.25, -0.2) is 0 Å². The van der Waals surface area contributed by atoms with Crippen LogP contribution in [0.1, 0.15) is 22.3 Å². The lowest BCUT2D eigenvalue weighted by molar-refractivity contribution is -0.0148. The molecular weight excluding hydrogens is 310 g/mol. The van der Waals surface area contributed by atoms with E-state index < -0.39 is 0 Å². The molecule has 0 aliphatic carbocycles. The van der Waals surface area contributed by atoms with Gasteiger partial charge in [-0.1, -0.05) is 15.9 Å². The number of nitrogens with one attached hydrogen (secondary N) is 1. The molecular formula is C14H18BrNO3. The number of carbonyl (C=O) groups excluding carboxylic acids is 1. The molecule has 0 saturated carbocycles. The molecule has 1 heterocycles. The summed E-state index contributed by atoms with van der Waals surface area (Å²) in [7, 11) is 1.66. The maximum Gasteiger partial charge on any atom is 0.251 e. The Morgan fingerprint density at radius 3 is 2.89 bits per heavy atom. The molecule has 0 bridgehead atoms. The SMILES string of the molecule is COC1(CNC(=O)c2cc(C)cc(Br)c2)CCOC1. The van der Waals surface area contributed by atoms with Crippen LogP contribution in [-0.2, 0) is 9.47 Å². The molecule has 4 nitrogen and oxygen atoms in total. The molecule has 104 valence electrons. The van der Waals surface area contributed by atoms with Crippen LogP contribution in [0.15, 0.2) is 22.7 Å². The standard InChI is InChI=1S/C14H18BrNO3/c1-10-5-11(7-12(15)6-10)13(17)16-8-14(18-2)3-4-19-9-14/h5-7H,3-4,8-9H2,1-2H3,(H,16,17). The number of aryl methyl sites for hydroxylation is 1. The van der Waals surface area contributed by atoms with Gasteiger partial charge < -0.3 is 14.8 Å². The zero-order valence-corrected chi connectivity index (χ0v) is 12.7. The second kappa shape index (κ2) is 6.03. The molecule has 1 aliphatic rings. The van der Waals surface area contributed by atoms with E-state index in [1.54, 1.807) is 7.11 Å². The number of methoxy groups -OCH3 is 1. The maximum absolute atomic E-state index is 12.1. The highest BCUT2D eigenvalue weighted by Crippen LogP contribution is 2.22. The third kappa shape index (κ3) is 3.55. The first-order chi connectivity index (χ1) is 9.04. The molecule has 2 rings (SSSR count). The summed E-state index contributed by atoms with van der Waals surface area (Å²) in [5.74, 6) is -0.0901. The Labute approximate surface area is 121 Å². The molecule has 1 amide bonds. The van der Waals surface area contributed by atoms with E-state index in [1.165, 1.54) is 0 Å². The lowest BCUT2D eigenvalue weighted by Crippen LogP contribution is -2.45. The van der Waals surface area contributed by atoms with E-state index in [4.69, 9.17) is 9.47 Å². The Bertz CT molecular complexity index is 450. The lowest BCUT2D eigenvalue weighted by Gasteiger charge is -2.25. The molecule has 5 heteroatoms. The second-order valence-corrected chi connectivity index (χ2v) is 5.81. The Morgan fingerprint density at radius 1 is 1.53 bits per heavy atom. The van der Waals surface area contributed by atoms with Gasteiger partial charge in [0.1, 0.15) is 5.60 Å². The topological polar surface area (TPSA) is 47.6 Å². The van der Waals surface area contributed by atoms with E-state index >= 15 is 0 Å². The van der Waals surface area contributed by atoms with Crippen LogP contribution in [0.4, 0.5) is 0 Å². The van der Waals surface area contributed by atoms with Crippen molar-refractivity contribution in [2.75, 3.05) is 26.9 Å². The fourth-order valence-corrected chi connectivity index (χ4v) is 2.78. The molecule has 19 heavy (non-hydrogen) atoms. The summed E-state index contributed by atoms with van der Waals surface area (Å²) in [5.41, 5.74) is 1.32. The molecule has 0 spiro atoms. The molecule has 1 aliphatic heterocycles. The highest BCUT2D eigenvalue weighted by atomic mass is 79.9. The number of rotatable bonds is 4. The number of benzene rings is 1. The van der Waals surface area contributed by atoms with Crippen molar-refractivity contribution in [3.8, 4) is 0 Å². The van der Waals surface area contributed by atoms with Gasteiger partial charge in [-0.3, -0.25) is 4.79 Å². The number of ether oxygens (including phenoxy) is 2. The minimum atomic E-state index is -0.378. The average molecular weight is 328 g/mol. The van der Waals surface area contributed by atoms with Crippen molar-refractivity contribution in [2.24, 2.45) is 0 Å². The number of carbonyl (C=O) groups is 1. The zero-order chi connectivity index (χ0) is 13.9. The van der Waals surface area contributed by atoms with Crippen LogP contribution < -0.4 is 5.32 Å². The van der Waals surface area contributed by atoms with Gasteiger partial charge in [0.2, 0.25) is 0 Å². The molecule has 1 N–H and O–H groups in total. The Morgan fingerprint density at radius 2 is 2.32 bits per heavy atom. The summed E-state index contributed by atoms with van der Waals surface area (Å²) in [5, 5.41) is 2.92. The largest absolute Gasteiger partial charge is 0.378 e. The number of halogens is 1. The fourth-order valence-electron chi connectivity index (χ4n) is 2.17. The van der Waals surface area contributed by atoms with Crippen LogP contribution in [0.3, 0.4) is 0 Å². The van der Waals surface area contributed by atoms with Crippen LogP contribution in [0, 0.1) is 6.92 Å². The van der Waals surface area contributed by atoms with Crippen molar-refractivity contribution in [2.45, 2.75) is 18.9 Å². The van der Waals surface area contributed by atoms with E-state index in [0.29, 0.717) is 25.3 Å². The van der Waals surface area contributed by atoms with Gasteiger partial charge in [0.05, 0.1) is 6.61 Å². The van der Waals surface area contributed by atoms with E-state index in [2.05, 4.69) is 21.2 Å². The molecule has 0 aromatic heterocycles. The molecule has 0 radical (unpaired) electrons. The second-order valence-electron chi connectivity index (χ2n) is 4.89. The van der Waals surface area contributed by atoms with Crippen molar-refractivity contribution >= 4 is 21.8 Å². The normalized spacial score (nSPS) is 22.5. The minimum Gasteiger partial charge on any atom is -0.378 e. The molecule has 1 unspecified atom stereocenters. The zero-order valence-electron chi connectivity index (χ0n) is 11.2. The lowest BCUT2D eigenvalue weighted by atomic mass is 10.0. The molecule has 1 aromatic carbocycles. The highest BCUT2D eigenvalue weighted by molar-refractivity contribution is 9.10. The van der Waals surface area contributed by atoms with Crippen LogP contribution in [0.2, 0.25) is 0 Å². The summed E-state index contributed by atoms with van der Waals surface area (Å²) in [4.78, 5) is 12.1. The molecule has 1 atom stereocenters. The first kappa shape index (κ1) is 14.5. The quantitative estimate of drug-likeness (QED) is 0.923. The van der Waals surface area contributed by atoms with Gasteiger partial charge >= 0.3 is 0 Å². The first-order valence-electron chi connectivity index (χ1n) is 6.23. The van der Waals surface area contributed by atoms with E-state index in [1.807, 2.05) is 25.1 Å². The predicted octanol–water partition coefficient (Wildman–Crippen LogP) is 2.29. The Balaban J connectivity index is 2.01. The van der Waals surface area contributed by atoms with E-state index in [0.717, 1.165) is 16.5 Å².